The van der Waals surface area contributed by atoms with Crippen LogP contribution >= 0.6 is 0 Å². The second-order valence-corrected chi connectivity index (χ2v) is 4.09. The molecule has 7 nitrogen and oxygen atoms in total. The minimum Gasteiger partial charge on any atom is -0.399 e. The van der Waals surface area contributed by atoms with E-state index in [1.165, 1.54) is 0 Å². The van der Waals surface area contributed by atoms with E-state index in [4.69, 9.17) is 5.73 Å². The van der Waals surface area contributed by atoms with Gasteiger partial charge in [0.05, 0.1) is 0 Å². The van der Waals surface area contributed by atoms with Crippen LogP contribution in [0.15, 0.2) is 30.6 Å². The van der Waals surface area contributed by atoms with E-state index in [2.05, 4.69) is 20.7 Å². The summed E-state index contributed by atoms with van der Waals surface area (Å²) in [6.07, 6.45) is 2.22. The normalized spacial score (nSPS) is 10.2. The third-order valence-corrected chi connectivity index (χ3v) is 2.43. The summed E-state index contributed by atoms with van der Waals surface area (Å²) in [5, 5.41) is 9.55. The van der Waals surface area contributed by atoms with E-state index < -0.39 is 0 Å². The maximum Gasteiger partial charge on any atom is 0.319 e. The number of rotatable bonds is 4. The molecule has 0 fully saturated rings. The van der Waals surface area contributed by atoms with Crippen LogP contribution in [0.25, 0.3) is 0 Å². The third-order valence-electron chi connectivity index (χ3n) is 2.43. The molecule has 0 spiro atoms. The molecular weight excluding hydrogens is 244 g/mol. The van der Waals surface area contributed by atoms with Gasteiger partial charge < -0.3 is 16.4 Å². The molecule has 1 heterocycles. The fourth-order valence-corrected chi connectivity index (χ4v) is 1.58. The lowest BCUT2D eigenvalue weighted by Crippen LogP contribution is -2.30. The lowest BCUT2D eigenvalue weighted by Gasteiger charge is -2.07. The first kappa shape index (κ1) is 12.9. The molecule has 0 bridgehead atoms. The molecule has 0 aliphatic heterocycles. The van der Waals surface area contributed by atoms with Gasteiger partial charge in [-0.1, -0.05) is 6.07 Å². The van der Waals surface area contributed by atoms with Gasteiger partial charge in [0.25, 0.3) is 0 Å². The Kier molecular flexibility index (Phi) is 3.97. The number of aromatic nitrogens is 3. The fraction of sp³-hybridized carbons (Fsp3) is 0.250. The molecule has 1 aromatic carbocycles. The molecule has 4 N–H and O–H groups in total. The Morgan fingerprint density at radius 3 is 3.00 bits per heavy atom. The van der Waals surface area contributed by atoms with Crippen molar-refractivity contribution in [3.8, 4) is 0 Å². The van der Waals surface area contributed by atoms with Crippen molar-refractivity contribution in [3.63, 3.8) is 0 Å². The second kappa shape index (κ2) is 5.85. The average Bonchev–Trinajstić information content (AvgIpc) is 2.75. The number of nitrogens with zero attached hydrogens (tertiary/aromatic N) is 3. The summed E-state index contributed by atoms with van der Waals surface area (Å²) in [6, 6.07) is 6.73. The molecular formula is C12H16N6O. The number of carbonyl (C=O) groups is 1. The number of nitrogens with two attached hydrogens (primary N) is 1. The van der Waals surface area contributed by atoms with Crippen LogP contribution in [-0.2, 0) is 13.5 Å². The molecule has 0 atom stereocenters. The monoisotopic (exact) mass is 260 g/mol. The highest BCUT2D eigenvalue weighted by atomic mass is 16.2. The van der Waals surface area contributed by atoms with Crippen molar-refractivity contribution >= 4 is 17.4 Å². The lowest BCUT2D eigenvalue weighted by atomic mass is 10.3. The summed E-state index contributed by atoms with van der Waals surface area (Å²) < 4.78 is 1.63. The quantitative estimate of drug-likeness (QED) is 0.707. The zero-order valence-electron chi connectivity index (χ0n) is 10.6. The Balaban J connectivity index is 1.76. The van der Waals surface area contributed by atoms with Crippen LogP contribution in [0.5, 0.6) is 0 Å². The van der Waals surface area contributed by atoms with Gasteiger partial charge >= 0.3 is 6.03 Å². The molecule has 0 saturated carbocycles. The number of nitrogen functional groups attached to an aromatic ring is 1. The molecule has 0 aliphatic carbocycles. The highest BCUT2D eigenvalue weighted by Gasteiger charge is 2.03. The lowest BCUT2D eigenvalue weighted by molar-refractivity contribution is 0.252. The number of benzene rings is 1. The van der Waals surface area contributed by atoms with Gasteiger partial charge in [-0.2, -0.15) is 5.10 Å². The first-order chi connectivity index (χ1) is 9.13. The van der Waals surface area contributed by atoms with Crippen molar-refractivity contribution in [1.29, 1.82) is 0 Å². The Labute approximate surface area is 110 Å². The topological polar surface area (TPSA) is 97.9 Å². The highest BCUT2D eigenvalue weighted by molar-refractivity contribution is 5.89. The molecule has 0 unspecified atom stereocenters. The number of amides is 2. The van der Waals surface area contributed by atoms with E-state index in [-0.39, 0.29) is 6.03 Å². The van der Waals surface area contributed by atoms with Crippen LogP contribution in [0.3, 0.4) is 0 Å². The maximum atomic E-state index is 11.6. The Bertz CT molecular complexity index is 565. The summed E-state index contributed by atoms with van der Waals surface area (Å²) in [7, 11) is 1.80. The molecule has 2 rings (SSSR count). The van der Waals surface area contributed by atoms with Crippen LogP contribution in [-0.4, -0.2) is 27.3 Å². The summed E-state index contributed by atoms with van der Waals surface area (Å²) >= 11 is 0. The van der Waals surface area contributed by atoms with Crippen molar-refractivity contribution < 1.29 is 4.79 Å². The minimum absolute atomic E-state index is 0.276. The molecule has 0 saturated heterocycles. The highest BCUT2D eigenvalue weighted by Crippen LogP contribution is 2.11. The van der Waals surface area contributed by atoms with Crippen LogP contribution < -0.4 is 16.4 Å². The van der Waals surface area contributed by atoms with Crippen molar-refractivity contribution in [3.05, 3.63) is 36.4 Å². The molecule has 19 heavy (non-hydrogen) atoms. The number of hydrogen-bond donors (Lipinski definition) is 3. The summed E-state index contributed by atoms with van der Waals surface area (Å²) in [5.74, 6) is 0.701. The molecule has 1 aromatic heterocycles. The molecule has 0 aliphatic rings. The third kappa shape index (κ3) is 3.98. The van der Waals surface area contributed by atoms with Gasteiger partial charge in [0.2, 0.25) is 0 Å². The van der Waals surface area contributed by atoms with E-state index >= 15 is 0 Å². The zero-order chi connectivity index (χ0) is 13.7. The predicted octanol–water partition coefficient (Wildman–Crippen LogP) is 0.761. The molecule has 7 heteroatoms. The van der Waals surface area contributed by atoms with Crippen LogP contribution in [0.1, 0.15) is 5.82 Å². The van der Waals surface area contributed by atoms with Crippen molar-refractivity contribution in [1.82, 2.24) is 20.1 Å². The van der Waals surface area contributed by atoms with Crippen molar-refractivity contribution in [2.45, 2.75) is 6.42 Å². The summed E-state index contributed by atoms with van der Waals surface area (Å²) in [5.41, 5.74) is 6.89. The first-order valence-corrected chi connectivity index (χ1v) is 5.88. The molecule has 0 radical (unpaired) electrons. The molecule has 2 aromatic rings. The SMILES string of the molecule is Cn1cnc(CCNC(=O)Nc2cccc(N)c2)n1. The van der Waals surface area contributed by atoms with Gasteiger partial charge in [-0.15, -0.1) is 0 Å². The van der Waals surface area contributed by atoms with Gasteiger partial charge in [-0.05, 0) is 18.2 Å². The number of hydrogen-bond acceptors (Lipinski definition) is 4. The fourth-order valence-electron chi connectivity index (χ4n) is 1.58. The van der Waals surface area contributed by atoms with Gasteiger partial charge in [0, 0.05) is 31.4 Å². The van der Waals surface area contributed by atoms with Crippen LogP contribution in [0, 0.1) is 0 Å². The smallest absolute Gasteiger partial charge is 0.319 e. The summed E-state index contributed by atoms with van der Waals surface area (Å²) in [4.78, 5) is 15.7. The van der Waals surface area contributed by atoms with Gasteiger partial charge in [-0.25, -0.2) is 9.78 Å². The average molecular weight is 260 g/mol. The van der Waals surface area contributed by atoms with Crippen molar-refractivity contribution in [2.24, 2.45) is 7.05 Å². The Morgan fingerprint density at radius 2 is 2.32 bits per heavy atom. The summed E-state index contributed by atoms with van der Waals surface area (Å²) in [6.45, 7) is 0.470. The van der Waals surface area contributed by atoms with E-state index in [1.54, 1.807) is 42.3 Å². The van der Waals surface area contributed by atoms with E-state index in [1.807, 2.05) is 0 Å². The van der Waals surface area contributed by atoms with E-state index in [9.17, 15) is 4.79 Å². The van der Waals surface area contributed by atoms with Crippen molar-refractivity contribution in [2.75, 3.05) is 17.6 Å². The second-order valence-electron chi connectivity index (χ2n) is 4.09. The zero-order valence-corrected chi connectivity index (χ0v) is 10.6. The standard InChI is InChI=1S/C12H16N6O/c1-18-8-15-11(17-18)5-6-14-12(19)16-10-4-2-3-9(13)7-10/h2-4,7-8H,5-6,13H2,1H3,(H2,14,16,19). The van der Waals surface area contributed by atoms with Gasteiger partial charge in [0.1, 0.15) is 6.33 Å². The predicted molar refractivity (Wildman–Crippen MR) is 72.6 cm³/mol. The van der Waals surface area contributed by atoms with Gasteiger partial charge in [0.15, 0.2) is 5.82 Å². The first-order valence-electron chi connectivity index (χ1n) is 5.88. The van der Waals surface area contributed by atoms with E-state index in [0.29, 0.717) is 30.2 Å². The molecule has 2 amide bonds. The largest absolute Gasteiger partial charge is 0.399 e. The van der Waals surface area contributed by atoms with Crippen LogP contribution in [0.2, 0.25) is 0 Å². The van der Waals surface area contributed by atoms with E-state index in [0.717, 1.165) is 0 Å². The Hall–Kier alpha value is -2.57. The number of urea groups is 1. The Morgan fingerprint density at radius 1 is 1.47 bits per heavy atom. The van der Waals surface area contributed by atoms with Gasteiger partial charge in [-0.3, -0.25) is 4.68 Å². The molecule has 100 valence electrons. The number of aryl methyl sites for hydroxylation is 1. The number of nitrogens with one attached hydrogen (secondary N) is 2. The maximum absolute atomic E-state index is 11.6. The number of anilines is 2. The van der Waals surface area contributed by atoms with Crippen LogP contribution in [0.4, 0.5) is 16.2 Å². The minimum atomic E-state index is -0.276. The number of carbonyl (C=O) groups excluding carboxylic acids is 1.